The fourth-order valence-electron chi connectivity index (χ4n) is 1.69. The molecule has 0 fully saturated rings. The minimum atomic E-state index is -1.10. The van der Waals surface area contributed by atoms with E-state index in [0.29, 0.717) is 0 Å². The summed E-state index contributed by atoms with van der Waals surface area (Å²) < 4.78 is 19.4. The van der Waals surface area contributed by atoms with Gasteiger partial charge in [-0.25, -0.2) is 0 Å². The number of aliphatic hydroxyl groups excluding tert-OH is 3. The SMILES string of the molecule is CCOC(=O)CC(C)OC(=O)CCC(=O)OCC(O)COCC(O)CO. The molecular formula is C16H28O10. The molecule has 3 atom stereocenters. The number of carbonyl (C=O) groups is 3. The van der Waals surface area contributed by atoms with Crippen molar-refractivity contribution in [2.24, 2.45) is 0 Å². The number of aliphatic hydroxyl groups is 3. The molecule has 0 aliphatic rings. The number of hydrogen-bond acceptors (Lipinski definition) is 10. The summed E-state index contributed by atoms with van der Waals surface area (Å²) in [4.78, 5) is 34.3. The third-order valence-electron chi connectivity index (χ3n) is 2.89. The van der Waals surface area contributed by atoms with Gasteiger partial charge in [0.15, 0.2) is 0 Å². The number of hydrogen-bond donors (Lipinski definition) is 3. The van der Waals surface area contributed by atoms with Crippen molar-refractivity contribution in [1.82, 2.24) is 0 Å². The normalized spacial score (nSPS) is 14.2. The molecule has 10 nitrogen and oxygen atoms in total. The first-order chi connectivity index (χ1) is 12.3. The zero-order valence-electron chi connectivity index (χ0n) is 15.1. The van der Waals surface area contributed by atoms with Gasteiger partial charge in [0.1, 0.15) is 24.9 Å². The first kappa shape index (κ1) is 24.2. The van der Waals surface area contributed by atoms with Gasteiger partial charge in [-0.1, -0.05) is 0 Å². The Morgan fingerprint density at radius 3 is 2.12 bits per heavy atom. The molecule has 26 heavy (non-hydrogen) atoms. The minimum absolute atomic E-state index is 0.0683. The number of carbonyl (C=O) groups excluding carboxylic acids is 3. The van der Waals surface area contributed by atoms with Gasteiger partial charge in [-0.15, -0.1) is 0 Å². The van der Waals surface area contributed by atoms with Crippen LogP contribution < -0.4 is 0 Å². The van der Waals surface area contributed by atoms with Gasteiger partial charge in [-0.3, -0.25) is 14.4 Å². The van der Waals surface area contributed by atoms with E-state index in [9.17, 15) is 19.5 Å². The molecule has 0 heterocycles. The van der Waals surface area contributed by atoms with Crippen molar-refractivity contribution in [1.29, 1.82) is 0 Å². The Kier molecular flexibility index (Phi) is 13.5. The highest BCUT2D eigenvalue weighted by molar-refractivity contribution is 5.78. The molecule has 0 aliphatic carbocycles. The van der Waals surface area contributed by atoms with Crippen molar-refractivity contribution in [2.45, 2.75) is 51.4 Å². The van der Waals surface area contributed by atoms with Gasteiger partial charge in [-0.2, -0.15) is 0 Å². The lowest BCUT2D eigenvalue weighted by atomic mass is 10.2. The average molecular weight is 380 g/mol. The van der Waals surface area contributed by atoms with Gasteiger partial charge in [0, 0.05) is 0 Å². The average Bonchev–Trinajstić information content (AvgIpc) is 2.57. The predicted octanol–water partition coefficient (Wildman–Crippen LogP) is -1.07. The molecule has 152 valence electrons. The molecular weight excluding hydrogens is 352 g/mol. The summed E-state index contributed by atoms with van der Waals surface area (Å²) in [6, 6.07) is 0. The predicted molar refractivity (Wildman–Crippen MR) is 86.9 cm³/mol. The second-order valence-corrected chi connectivity index (χ2v) is 5.52. The van der Waals surface area contributed by atoms with Crippen LogP contribution in [0.15, 0.2) is 0 Å². The Balaban J connectivity index is 3.83. The molecule has 0 saturated heterocycles. The fraction of sp³-hybridized carbons (Fsp3) is 0.812. The zero-order valence-corrected chi connectivity index (χ0v) is 15.1. The highest BCUT2D eigenvalue weighted by Gasteiger charge is 2.17. The molecule has 0 aromatic heterocycles. The van der Waals surface area contributed by atoms with Gasteiger partial charge in [0.25, 0.3) is 0 Å². The largest absolute Gasteiger partial charge is 0.466 e. The van der Waals surface area contributed by atoms with Crippen LogP contribution in [0, 0.1) is 0 Å². The van der Waals surface area contributed by atoms with Gasteiger partial charge >= 0.3 is 17.9 Å². The van der Waals surface area contributed by atoms with E-state index in [0.717, 1.165) is 0 Å². The maximum atomic E-state index is 11.6. The van der Waals surface area contributed by atoms with Crippen LogP contribution in [0.5, 0.6) is 0 Å². The topological polar surface area (TPSA) is 149 Å². The van der Waals surface area contributed by atoms with Crippen molar-refractivity contribution in [3.05, 3.63) is 0 Å². The van der Waals surface area contributed by atoms with Gasteiger partial charge in [0.05, 0.1) is 45.7 Å². The van der Waals surface area contributed by atoms with Crippen LogP contribution in [0.25, 0.3) is 0 Å². The van der Waals surface area contributed by atoms with Crippen molar-refractivity contribution in [3.8, 4) is 0 Å². The van der Waals surface area contributed by atoms with E-state index in [2.05, 4.69) is 0 Å². The second kappa shape index (κ2) is 14.4. The molecule has 0 aromatic carbocycles. The number of ether oxygens (including phenoxy) is 4. The lowest BCUT2D eigenvalue weighted by Gasteiger charge is -2.14. The monoisotopic (exact) mass is 380 g/mol. The lowest BCUT2D eigenvalue weighted by Crippen LogP contribution is -2.27. The Morgan fingerprint density at radius 2 is 1.50 bits per heavy atom. The highest BCUT2D eigenvalue weighted by Crippen LogP contribution is 2.04. The quantitative estimate of drug-likeness (QED) is 0.251. The number of esters is 3. The van der Waals surface area contributed by atoms with Gasteiger partial charge < -0.3 is 34.3 Å². The molecule has 10 heteroatoms. The fourth-order valence-corrected chi connectivity index (χ4v) is 1.69. The Bertz CT molecular complexity index is 425. The van der Waals surface area contributed by atoms with Crippen LogP contribution in [0.2, 0.25) is 0 Å². The third kappa shape index (κ3) is 13.5. The van der Waals surface area contributed by atoms with E-state index in [1.165, 1.54) is 6.92 Å². The van der Waals surface area contributed by atoms with Crippen LogP contribution in [-0.2, 0) is 33.3 Å². The number of rotatable bonds is 14. The molecule has 0 bridgehead atoms. The van der Waals surface area contributed by atoms with Crippen LogP contribution in [-0.4, -0.2) is 84.6 Å². The van der Waals surface area contributed by atoms with Crippen molar-refractivity contribution in [2.75, 3.05) is 33.0 Å². The van der Waals surface area contributed by atoms with Gasteiger partial charge in [-0.05, 0) is 13.8 Å². The zero-order chi connectivity index (χ0) is 19.9. The molecule has 0 saturated carbocycles. The molecule has 0 aliphatic heterocycles. The van der Waals surface area contributed by atoms with E-state index in [4.69, 9.17) is 29.2 Å². The summed E-state index contributed by atoms with van der Waals surface area (Å²) in [5.41, 5.74) is 0. The Hall–Kier alpha value is -1.75. The minimum Gasteiger partial charge on any atom is -0.466 e. The summed E-state index contributed by atoms with van der Waals surface area (Å²) in [6.45, 7) is 2.32. The third-order valence-corrected chi connectivity index (χ3v) is 2.89. The first-order valence-electron chi connectivity index (χ1n) is 8.33. The van der Waals surface area contributed by atoms with E-state index in [1.54, 1.807) is 6.92 Å². The molecule has 3 N–H and O–H groups in total. The van der Waals surface area contributed by atoms with Crippen LogP contribution in [0.3, 0.4) is 0 Å². The molecule has 3 unspecified atom stereocenters. The standard InChI is InChI=1S/C16H28O10/c1-3-24-16(22)6-11(2)26-15(21)5-4-14(20)25-10-13(19)9-23-8-12(18)7-17/h11-13,17-19H,3-10H2,1-2H3. The van der Waals surface area contributed by atoms with Crippen LogP contribution >= 0.6 is 0 Å². The Morgan fingerprint density at radius 1 is 0.885 bits per heavy atom. The molecule has 0 spiro atoms. The van der Waals surface area contributed by atoms with Crippen molar-refractivity contribution in [3.63, 3.8) is 0 Å². The summed E-state index contributed by atoms with van der Waals surface area (Å²) in [5, 5.41) is 27.1. The highest BCUT2D eigenvalue weighted by atomic mass is 16.6. The smallest absolute Gasteiger partial charge is 0.309 e. The maximum Gasteiger partial charge on any atom is 0.309 e. The van der Waals surface area contributed by atoms with E-state index >= 15 is 0 Å². The first-order valence-corrected chi connectivity index (χ1v) is 8.33. The Labute approximate surface area is 152 Å². The van der Waals surface area contributed by atoms with E-state index < -0.39 is 42.8 Å². The van der Waals surface area contributed by atoms with E-state index in [1.807, 2.05) is 0 Å². The lowest BCUT2D eigenvalue weighted by molar-refractivity contribution is -0.157. The van der Waals surface area contributed by atoms with Crippen LogP contribution in [0.1, 0.15) is 33.1 Å². The molecule has 0 radical (unpaired) electrons. The molecule has 0 amide bonds. The summed E-state index contributed by atoms with van der Waals surface area (Å²) in [7, 11) is 0. The van der Waals surface area contributed by atoms with Crippen LogP contribution in [0.4, 0.5) is 0 Å². The summed E-state index contributed by atoms with van der Waals surface area (Å²) in [5.74, 6) is -1.83. The van der Waals surface area contributed by atoms with Crippen molar-refractivity contribution >= 4 is 17.9 Å². The molecule has 0 rings (SSSR count). The van der Waals surface area contributed by atoms with Crippen molar-refractivity contribution < 1.29 is 48.7 Å². The second-order valence-electron chi connectivity index (χ2n) is 5.52. The van der Waals surface area contributed by atoms with Gasteiger partial charge in [0.2, 0.25) is 0 Å². The molecule has 0 aromatic rings. The van der Waals surface area contributed by atoms with E-state index in [-0.39, 0.29) is 45.7 Å². The summed E-state index contributed by atoms with van der Waals surface area (Å²) in [6.07, 6.45) is -3.32. The maximum absolute atomic E-state index is 11.6. The summed E-state index contributed by atoms with van der Waals surface area (Å²) >= 11 is 0.